The van der Waals surface area contributed by atoms with Crippen LogP contribution in [0.1, 0.15) is 26.7 Å². The average Bonchev–Trinajstić information content (AvgIpc) is 3.01. The van der Waals surface area contributed by atoms with E-state index in [-0.39, 0.29) is 18.5 Å². The molecule has 0 aromatic carbocycles. The van der Waals surface area contributed by atoms with E-state index in [4.69, 9.17) is 9.47 Å². The second-order valence-corrected chi connectivity index (χ2v) is 4.01. The van der Waals surface area contributed by atoms with Gasteiger partial charge in [0.25, 0.3) is 0 Å². The molecule has 0 aromatic heterocycles. The van der Waals surface area contributed by atoms with E-state index in [1.165, 1.54) is 6.08 Å². The molecule has 5 heteroatoms. The van der Waals surface area contributed by atoms with Crippen LogP contribution in [0.2, 0.25) is 0 Å². The van der Waals surface area contributed by atoms with Crippen LogP contribution in [0.15, 0.2) is 12.7 Å². The fourth-order valence-corrected chi connectivity index (χ4v) is 1.89. The Labute approximate surface area is 101 Å². The largest absolute Gasteiger partial charge is 0.464 e. The van der Waals surface area contributed by atoms with E-state index in [1.807, 2.05) is 6.92 Å². The van der Waals surface area contributed by atoms with Crippen LogP contribution in [-0.4, -0.2) is 30.8 Å². The first-order chi connectivity index (χ1) is 8.10. The topological polar surface area (TPSA) is 64.6 Å². The molecule has 0 aliphatic heterocycles. The van der Waals surface area contributed by atoms with Gasteiger partial charge in [0.15, 0.2) is 0 Å². The van der Waals surface area contributed by atoms with Gasteiger partial charge in [0.05, 0.1) is 6.61 Å². The van der Waals surface area contributed by atoms with Crippen molar-refractivity contribution in [1.82, 2.24) is 5.32 Å². The van der Waals surface area contributed by atoms with Crippen molar-refractivity contribution in [2.24, 2.45) is 5.92 Å². The van der Waals surface area contributed by atoms with Crippen molar-refractivity contribution in [3.8, 4) is 0 Å². The third-order valence-corrected chi connectivity index (χ3v) is 2.90. The van der Waals surface area contributed by atoms with E-state index >= 15 is 0 Å². The van der Waals surface area contributed by atoms with Crippen molar-refractivity contribution in [3.05, 3.63) is 12.7 Å². The minimum Gasteiger partial charge on any atom is -0.464 e. The van der Waals surface area contributed by atoms with Crippen LogP contribution in [0.5, 0.6) is 0 Å². The number of rotatable bonds is 6. The van der Waals surface area contributed by atoms with E-state index in [2.05, 4.69) is 11.9 Å². The SMILES string of the molecule is C=CCOC(=O)N[C@@]1(C(=O)OCC)C[C@@H]1CC. The fraction of sp³-hybridized carbons (Fsp3) is 0.667. The second kappa shape index (κ2) is 5.70. The highest BCUT2D eigenvalue weighted by Crippen LogP contribution is 2.46. The Kier molecular flexibility index (Phi) is 4.54. The predicted molar refractivity (Wildman–Crippen MR) is 62.4 cm³/mol. The number of amides is 1. The molecule has 1 N–H and O–H groups in total. The number of carbonyl (C=O) groups is 2. The molecule has 1 aliphatic carbocycles. The fourth-order valence-electron chi connectivity index (χ4n) is 1.89. The van der Waals surface area contributed by atoms with Crippen molar-refractivity contribution in [2.75, 3.05) is 13.2 Å². The molecule has 0 saturated heterocycles. The highest BCUT2D eigenvalue weighted by atomic mass is 16.6. The minimum absolute atomic E-state index is 0.127. The van der Waals surface area contributed by atoms with Gasteiger partial charge in [-0.1, -0.05) is 26.0 Å². The van der Waals surface area contributed by atoms with Gasteiger partial charge in [-0.25, -0.2) is 9.59 Å². The zero-order chi connectivity index (χ0) is 12.9. The van der Waals surface area contributed by atoms with Crippen molar-refractivity contribution in [1.29, 1.82) is 0 Å². The van der Waals surface area contributed by atoms with Crippen LogP contribution >= 0.6 is 0 Å². The molecule has 1 aliphatic rings. The van der Waals surface area contributed by atoms with Crippen LogP contribution in [0.25, 0.3) is 0 Å². The van der Waals surface area contributed by atoms with Crippen molar-refractivity contribution < 1.29 is 19.1 Å². The van der Waals surface area contributed by atoms with Gasteiger partial charge in [-0.05, 0) is 19.3 Å². The van der Waals surface area contributed by atoms with Crippen LogP contribution in [0.3, 0.4) is 0 Å². The molecule has 0 heterocycles. The van der Waals surface area contributed by atoms with Gasteiger partial charge in [-0.15, -0.1) is 0 Å². The molecule has 5 nitrogen and oxygen atoms in total. The van der Waals surface area contributed by atoms with Crippen LogP contribution in [-0.2, 0) is 14.3 Å². The second-order valence-electron chi connectivity index (χ2n) is 4.01. The first-order valence-corrected chi connectivity index (χ1v) is 5.83. The van der Waals surface area contributed by atoms with E-state index in [9.17, 15) is 9.59 Å². The number of alkyl carbamates (subject to hydrolysis) is 1. The molecule has 96 valence electrons. The van der Waals surface area contributed by atoms with Gasteiger partial charge in [0.2, 0.25) is 0 Å². The summed E-state index contributed by atoms with van der Waals surface area (Å²) in [6.07, 6.45) is 2.31. The molecule has 1 saturated carbocycles. The van der Waals surface area contributed by atoms with E-state index in [0.717, 1.165) is 6.42 Å². The van der Waals surface area contributed by atoms with Crippen LogP contribution in [0, 0.1) is 5.92 Å². The molecule has 2 atom stereocenters. The van der Waals surface area contributed by atoms with Gasteiger partial charge < -0.3 is 14.8 Å². The number of hydrogen-bond acceptors (Lipinski definition) is 4. The first-order valence-electron chi connectivity index (χ1n) is 5.83. The van der Waals surface area contributed by atoms with Crippen LogP contribution in [0.4, 0.5) is 4.79 Å². The summed E-state index contributed by atoms with van der Waals surface area (Å²) in [5, 5.41) is 2.60. The Hall–Kier alpha value is -1.52. The highest BCUT2D eigenvalue weighted by molar-refractivity contribution is 5.89. The Morgan fingerprint density at radius 1 is 1.47 bits per heavy atom. The van der Waals surface area contributed by atoms with E-state index in [0.29, 0.717) is 13.0 Å². The molecule has 17 heavy (non-hydrogen) atoms. The predicted octanol–water partition coefficient (Wildman–Crippen LogP) is 1.63. The normalized spacial score (nSPS) is 25.9. The Bertz CT molecular complexity index is 316. The number of hydrogen-bond donors (Lipinski definition) is 1. The van der Waals surface area contributed by atoms with E-state index < -0.39 is 11.6 Å². The van der Waals surface area contributed by atoms with Gasteiger partial charge in [0, 0.05) is 0 Å². The minimum atomic E-state index is -0.872. The third-order valence-electron chi connectivity index (χ3n) is 2.90. The maximum absolute atomic E-state index is 11.8. The summed E-state index contributed by atoms with van der Waals surface area (Å²) in [5.41, 5.74) is -0.872. The lowest BCUT2D eigenvalue weighted by molar-refractivity contribution is -0.147. The summed E-state index contributed by atoms with van der Waals surface area (Å²) in [5.74, 6) is -0.236. The van der Waals surface area contributed by atoms with Crippen LogP contribution < -0.4 is 5.32 Å². The monoisotopic (exact) mass is 241 g/mol. The summed E-state index contributed by atoms with van der Waals surface area (Å²) in [6.45, 7) is 7.59. The Balaban J connectivity index is 2.58. The maximum Gasteiger partial charge on any atom is 0.408 e. The number of nitrogens with one attached hydrogen (secondary N) is 1. The molecular weight excluding hydrogens is 222 g/mol. The first kappa shape index (κ1) is 13.5. The summed E-state index contributed by atoms with van der Waals surface area (Å²) >= 11 is 0. The summed E-state index contributed by atoms with van der Waals surface area (Å²) in [6, 6.07) is 0. The zero-order valence-corrected chi connectivity index (χ0v) is 10.3. The van der Waals surface area contributed by atoms with E-state index in [1.54, 1.807) is 6.92 Å². The number of esters is 1. The molecular formula is C12H19NO4. The zero-order valence-electron chi connectivity index (χ0n) is 10.3. The number of ether oxygens (including phenoxy) is 2. The van der Waals surface area contributed by atoms with Gasteiger partial charge in [-0.3, -0.25) is 0 Å². The lowest BCUT2D eigenvalue weighted by Crippen LogP contribution is -2.46. The summed E-state index contributed by atoms with van der Waals surface area (Å²) in [4.78, 5) is 23.2. The van der Waals surface area contributed by atoms with Gasteiger partial charge >= 0.3 is 12.1 Å². The number of carbonyl (C=O) groups excluding carboxylic acids is 2. The quantitative estimate of drug-likeness (QED) is 0.567. The lowest BCUT2D eigenvalue weighted by Gasteiger charge is -2.17. The van der Waals surface area contributed by atoms with Crippen molar-refractivity contribution in [3.63, 3.8) is 0 Å². The average molecular weight is 241 g/mol. The molecule has 0 aromatic rings. The van der Waals surface area contributed by atoms with Crippen molar-refractivity contribution >= 4 is 12.1 Å². The van der Waals surface area contributed by atoms with Gasteiger partial charge in [-0.2, -0.15) is 0 Å². The standard InChI is InChI=1S/C12H19NO4/c1-4-7-17-11(15)13-12(8-9(12)5-2)10(14)16-6-3/h4,9H,1,5-8H2,2-3H3,(H,13,15)/t9-,12-/m0/s1. The Morgan fingerprint density at radius 2 is 2.18 bits per heavy atom. The molecule has 0 bridgehead atoms. The highest BCUT2D eigenvalue weighted by Gasteiger charge is 2.61. The Morgan fingerprint density at radius 3 is 2.65 bits per heavy atom. The summed E-state index contributed by atoms with van der Waals surface area (Å²) < 4.78 is 9.79. The summed E-state index contributed by atoms with van der Waals surface area (Å²) in [7, 11) is 0. The lowest BCUT2D eigenvalue weighted by atomic mass is 10.2. The molecule has 0 unspecified atom stereocenters. The maximum atomic E-state index is 11.8. The third kappa shape index (κ3) is 2.99. The smallest absolute Gasteiger partial charge is 0.408 e. The van der Waals surface area contributed by atoms with Gasteiger partial charge in [0.1, 0.15) is 12.1 Å². The molecule has 1 rings (SSSR count). The molecule has 1 amide bonds. The molecule has 0 radical (unpaired) electrons. The molecule has 0 spiro atoms. The van der Waals surface area contributed by atoms with Crippen molar-refractivity contribution in [2.45, 2.75) is 32.2 Å². The molecule has 1 fully saturated rings.